The van der Waals surface area contributed by atoms with Gasteiger partial charge in [-0.3, -0.25) is 19.3 Å². The van der Waals surface area contributed by atoms with E-state index in [0.717, 1.165) is 0 Å². The fraction of sp³-hybridized carbons (Fsp3) is 0.192. The van der Waals surface area contributed by atoms with E-state index in [0.29, 0.717) is 35.2 Å². The molecule has 3 amide bonds. The van der Waals surface area contributed by atoms with Gasteiger partial charge in [0.25, 0.3) is 5.91 Å². The van der Waals surface area contributed by atoms with Crippen LogP contribution in [0.4, 0.5) is 21.5 Å². The summed E-state index contributed by atoms with van der Waals surface area (Å²) >= 11 is 0. The van der Waals surface area contributed by atoms with Gasteiger partial charge in [-0.15, -0.1) is 0 Å². The minimum Gasteiger partial charge on any atom is -0.494 e. The zero-order valence-electron chi connectivity index (χ0n) is 19.0. The third-order valence-electron chi connectivity index (χ3n) is 5.31. The zero-order chi connectivity index (χ0) is 24.8. The van der Waals surface area contributed by atoms with Gasteiger partial charge in [0.05, 0.1) is 24.4 Å². The highest BCUT2D eigenvalue weighted by molar-refractivity contribution is 6.14. The third-order valence-corrected chi connectivity index (χ3v) is 5.31. The molecule has 35 heavy (non-hydrogen) atoms. The molecule has 4 rings (SSSR count). The summed E-state index contributed by atoms with van der Waals surface area (Å²) in [6, 6.07) is 17.8. The van der Waals surface area contributed by atoms with Gasteiger partial charge in [0.1, 0.15) is 23.4 Å². The van der Waals surface area contributed by atoms with Gasteiger partial charge in [0, 0.05) is 5.69 Å². The lowest BCUT2D eigenvalue weighted by atomic mass is 10.0. The van der Waals surface area contributed by atoms with Gasteiger partial charge in [-0.05, 0) is 67.6 Å². The highest BCUT2D eigenvalue weighted by atomic mass is 19.1. The molecule has 0 fully saturated rings. The quantitative estimate of drug-likeness (QED) is 0.512. The summed E-state index contributed by atoms with van der Waals surface area (Å²) in [6.45, 7) is 2.00. The van der Waals surface area contributed by atoms with E-state index in [9.17, 15) is 18.8 Å². The molecule has 1 aliphatic rings. The SMILES string of the molecule is CCOc1ccc(NC(=O)C[C@@H]2C(=O)Nc3ccccc3N2C(=O)COc2ccc(F)cc2)cc1. The van der Waals surface area contributed by atoms with Crippen molar-refractivity contribution in [2.45, 2.75) is 19.4 Å². The maximum atomic E-state index is 13.2. The van der Waals surface area contributed by atoms with Crippen molar-refractivity contribution in [2.24, 2.45) is 0 Å². The molecule has 8 nitrogen and oxygen atoms in total. The smallest absolute Gasteiger partial charge is 0.265 e. The summed E-state index contributed by atoms with van der Waals surface area (Å²) in [4.78, 5) is 40.2. The number of hydrogen-bond donors (Lipinski definition) is 2. The molecule has 0 spiro atoms. The lowest BCUT2D eigenvalue weighted by molar-refractivity contribution is -0.127. The Balaban J connectivity index is 1.50. The standard InChI is InChI=1S/C26H24FN3O5/c1-2-34-19-13-9-18(10-14-19)28-24(31)15-23-26(33)29-21-5-3-4-6-22(21)30(23)25(32)16-35-20-11-7-17(27)8-12-20/h3-14,23H,2,15-16H2,1H3,(H,28,31)(H,29,33)/t23-/m1/s1. The Kier molecular flexibility index (Phi) is 7.25. The van der Waals surface area contributed by atoms with Crippen LogP contribution in [0.25, 0.3) is 0 Å². The minimum absolute atomic E-state index is 0.268. The second-order valence-electron chi connectivity index (χ2n) is 7.74. The number of nitrogens with zero attached hydrogens (tertiary/aromatic N) is 1. The largest absolute Gasteiger partial charge is 0.494 e. The van der Waals surface area contributed by atoms with E-state index in [2.05, 4.69) is 10.6 Å². The Labute approximate surface area is 201 Å². The average molecular weight is 477 g/mol. The first kappa shape index (κ1) is 23.7. The van der Waals surface area contributed by atoms with Gasteiger partial charge in [0.15, 0.2) is 6.61 Å². The number of rotatable bonds is 8. The molecule has 0 aromatic heterocycles. The van der Waals surface area contributed by atoms with Gasteiger partial charge in [-0.1, -0.05) is 12.1 Å². The molecule has 0 saturated heterocycles. The fourth-order valence-corrected chi connectivity index (χ4v) is 3.72. The zero-order valence-corrected chi connectivity index (χ0v) is 19.0. The molecule has 9 heteroatoms. The Morgan fingerprint density at radius 3 is 2.34 bits per heavy atom. The summed E-state index contributed by atoms with van der Waals surface area (Å²) in [5.74, 6) is -0.892. The molecule has 0 bridgehead atoms. The predicted molar refractivity (Wildman–Crippen MR) is 129 cm³/mol. The Morgan fingerprint density at radius 2 is 1.63 bits per heavy atom. The number of carbonyl (C=O) groups excluding carboxylic acids is 3. The summed E-state index contributed by atoms with van der Waals surface area (Å²) in [7, 11) is 0. The number of amides is 3. The van der Waals surface area contributed by atoms with Crippen LogP contribution < -0.4 is 25.0 Å². The van der Waals surface area contributed by atoms with E-state index in [1.807, 2.05) is 6.92 Å². The number of benzene rings is 3. The second kappa shape index (κ2) is 10.7. The van der Waals surface area contributed by atoms with Gasteiger partial charge in [-0.2, -0.15) is 0 Å². The van der Waals surface area contributed by atoms with E-state index < -0.39 is 36.2 Å². The molecule has 2 N–H and O–H groups in total. The molecule has 0 saturated carbocycles. The topological polar surface area (TPSA) is 97.0 Å². The first-order valence-corrected chi connectivity index (χ1v) is 11.1. The number of anilines is 3. The lowest BCUT2D eigenvalue weighted by Gasteiger charge is -2.36. The predicted octanol–water partition coefficient (Wildman–Crippen LogP) is 3.99. The molecular formula is C26H24FN3O5. The highest BCUT2D eigenvalue weighted by Gasteiger charge is 2.38. The van der Waals surface area contributed by atoms with Crippen LogP contribution in [0.2, 0.25) is 0 Å². The summed E-state index contributed by atoms with van der Waals surface area (Å²) in [6.07, 6.45) is -0.268. The lowest BCUT2D eigenvalue weighted by Crippen LogP contribution is -2.53. The molecule has 0 aliphatic carbocycles. The third kappa shape index (κ3) is 5.75. The van der Waals surface area contributed by atoms with Crippen LogP contribution in [0.3, 0.4) is 0 Å². The summed E-state index contributed by atoms with van der Waals surface area (Å²) in [5.41, 5.74) is 1.45. The number of nitrogens with one attached hydrogen (secondary N) is 2. The fourth-order valence-electron chi connectivity index (χ4n) is 3.72. The van der Waals surface area contributed by atoms with Crippen LogP contribution in [-0.2, 0) is 14.4 Å². The van der Waals surface area contributed by atoms with Crippen LogP contribution in [0.15, 0.2) is 72.8 Å². The van der Waals surface area contributed by atoms with Crippen molar-refractivity contribution in [1.82, 2.24) is 0 Å². The molecule has 1 atom stereocenters. The molecule has 3 aromatic rings. The van der Waals surface area contributed by atoms with E-state index in [4.69, 9.17) is 9.47 Å². The van der Waals surface area contributed by atoms with E-state index in [1.54, 1.807) is 48.5 Å². The van der Waals surface area contributed by atoms with Crippen LogP contribution in [-0.4, -0.2) is 37.0 Å². The monoisotopic (exact) mass is 477 g/mol. The molecule has 1 heterocycles. The summed E-state index contributed by atoms with van der Waals surface area (Å²) in [5, 5.41) is 5.50. The number of fused-ring (bicyclic) bond motifs is 1. The molecule has 0 unspecified atom stereocenters. The van der Waals surface area contributed by atoms with Gasteiger partial charge in [0.2, 0.25) is 11.8 Å². The number of ether oxygens (including phenoxy) is 2. The van der Waals surface area contributed by atoms with E-state index >= 15 is 0 Å². The number of para-hydroxylation sites is 2. The maximum Gasteiger partial charge on any atom is 0.265 e. The average Bonchev–Trinajstić information content (AvgIpc) is 2.85. The molecular weight excluding hydrogens is 453 g/mol. The van der Waals surface area contributed by atoms with E-state index in [-0.39, 0.29) is 6.42 Å². The number of hydrogen-bond acceptors (Lipinski definition) is 5. The van der Waals surface area contributed by atoms with Crippen LogP contribution in [0, 0.1) is 5.82 Å². The normalized spacial score (nSPS) is 14.5. The van der Waals surface area contributed by atoms with Crippen LogP contribution in [0.1, 0.15) is 13.3 Å². The van der Waals surface area contributed by atoms with Crippen molar-refractivity contribution in [3.63, 3.8) is 0 Å². The van der Waals surface area contributed by atoms with Crippen molar-refractivity contribution in [2.75, 3.05) is 28.7 Å². The molecule has 3 aromatic carbocycles. The molecule has 180 valence electrons. The first-order valence-electron chi connectivity index (χ1n) is 11.1. The van der Waals surface area contributed by atoms with Crippen molar-refractivity contribution < 1.29 is 28.2 Å². The Bertz CT molecular complexity index is 1210. The van der Waals surface area contributed by atoms with Crippen molar-refractivity contribution in [3.8, 4) is 11.5 Å². The second-order valence-corrected chi connectivity index (χ2v) is 7.74. The molecule has 1 aliphatic heterocycles. The first-order chi connectivity index (χ1) is 16.9. The van der Waals surface area contributed by atoms with E-state index in [1.165, 1.54) is 29.2 Å². The van der Waals surface area contributed by atoms with Crippen molar-refractivity contribution >= 4 is 34.8 Å². The van der Waals surface area contributed by atoms with Crippen molar-refractivity contribution in [1.29, 1.82) is 0 Å². The highest BCUT2D eigenvalue weighted by Crippen LogP contribution is 2.33. The van der Waals surface area contributed by atoms with Crippen LogP contribution in [0.5, 0.6) is 11.5 Å². The number of carbonyl (C=O) groups is 3. The molecule has 0 radical (unpaired) electrons. The maximum absolute atomic E-state index is 13.2. The van der Waals surface area contributed by atoms with Gasteiger partial charge in [-0.25, -0.2) is 4.39 Å². The minimum atomic E-state index is -1.09. The van der Waals surface area contributed by atoms with Gasteiger partial charge >= 0.3 is 0 Å². The van der Waals surface area contributed by atoms with Crippen LogP contribution >= 0.6 is 0 Å². The number of halogens is 1. The summed E-state index contributed by atoms with van der Waals surface area (Å²) < 4.78 is 24.0. The van der Waals surface area contributed by atoms with Crippen molar-refractivity contribution in [3.05, 3.63) is 78.6 Å². The Hall–Kier alpha value is -4.40. The van der Waals surface area contributed by atoms with Gasteiger partial charge < -0.3 is 20.1 Å². The Morgan fingerprint density at radius 1 is 0.971 bits per heavy atom.